The van der Waals surface area contributed by atoms with Gasteiger partial charge in [-0.3, -0.25) is 14.5 Å². The fraction of sp³-hybridized carbons (Fsp3) is 0.267. The summed E-state index contributed by atoms with van der Waals surface area (Å²) in [5.74, 6) is -0.410. The average molecular weight is 552 g/mol. The summed E-state index contributed by atoms with van der Waals surface area (Å²) in [6, 6.07) is 15.9. The maximum absolute atomic E-state index is 13.6. The molecule has 4 rings (SSSR count). The molecule has 1 atom stereocenters. The van der Waals surface area contributed by atoms with Gasteiger partial charge in [-0.05, 0) is 56.7 Å². The van der Waals surface area contributed by atoms with Gasteiger partial charge in [0.05, 0.1) is 49.1 Å². The van der Waals surface area contributed by atoms with E-state index in [9.17, 15) is 14.7 Å². The van der Waals surface area contributed by atoms with Crippen molar-refractivity contribution in [1.82, 2.24) is 0 Å². The fourth-order valence-corrected chi connectivity index (χ4v) is 4.73. The van der Waals surface area contributed by atoms with Crippen molar-refractivity contribution in [3.63, 3.8) is 0 Å². The number of anilines is 1. The van der Waals surface area contributed by atoms with Crippen molar-refractivity contribution in [3.8, 4) is 23.0 Å². The zero-order valence-electron chi connectivity index (χ0n) is 22.4. The third-order valence-electron chi connectivity index (χ3n) is 6.15. The molecule has 1 aliphatic rings. The van der Waals surface area contributed by atoms with Crippen LogP contribution in [-0.4, -0.2) is 43.7 Å². The molecule has 1 amide bonds. The third kappa shape index (κ3) is 5.52. The van der Waals surface area contributed by atoms with Gasteiger partial charge in [-0.15, -0.1) is 0 Å². The minimum absolute atomic E-state index is 0.0323. The standard InChI is InChI=1S/C30H30ClNO7/c1-6-38-21-9-7-8-19(14-21)32-27(18-10-12-20(13-11-18)39-17(2)3)26(29(34)30(32)35)28(33)22-15-25(37-5)23(31)16-24(22)36-4/h7-17,27,33H,6H2,1-5H3/b28-26+. The molecule has 8 nitrogen and oxygen atoms in total. The molecule has 0 aromatic heterocycles. The zero-order valence-corrected chi connectivity index (χ0v) is 23.1. The van der Waals surface area contributed by atoms with Gasteiger partial charge in [0.2, 0.25) is 0 Å². The van der Waals surface area contributed by atoms with Crippen LogP contribution in [-0.2, 0) is 9.59 Å². The van der Waals surface area contributed by atoms with Crippen LogP contribution in [0.2, 0.25) is 5.02 Å². The van der Waals surface area contributed by atoms with E-state index in [1.54, 1.807) is 48.5 Å². The van der Waals surface area contributed by atoms with Crippen LogP contribution in [0.1, 0.15) is 37.9 Å². The zero-order chi connectivity index (χ0) is 28.3. The number of ether oxygens (including phenoxy) is 4. The summed E-state index contributed by atoms with van der Waals surface area (Å²) in [5, 5.41) is 11.9. The Bertz CT molecular complexity index is 1420. The van der Waals surface area contributed by atoms with Crippen LogP contribution in [0.25, 0.3) is 5.76 Å². The first-order valence-corrected chi connectivity index (χ1v) is 12.8. The Labute approximate surface area is 232 Å². The number of nitrogens with zero attached hydrogens (tertiary/aromatic N) is 1. The molecule has 1 N–H and O–H groups in total. The Hall–Kier alpha value is -4.17. The second kappa shape index (κ2) is 11.7. The lowest BCUT2D eigenvalue weighted by Gasteiger charge is -2.26. The molecule has 0 bridgehead atoms. The molecule has 1 heterocycles. The molecule has 39 heavy (non-hydrogen) atoms. The van der Waals surface area contributed by atoms with Crippen LogP contribution in [0.15, 0.2) is 66.2 Å². The minimum Gasteiger partial charge on any atom is -0.507 e. The van der Waals surface area contributed by atoms with Crippen molar-refractivity contribution in [2.45, 2.75) is 32.9 Å². The van der Waals surface area contributed by atoms with E-state index >= 15 is 0 Å². The average Bonchev–Trinajstić information content (AvgIpc) is 3.18. The SMILES string of the molecule is CCOc1cccc(N2C(=O)C(=O)/C(=C(/O)c3cc(OC)c(Cl)cc3OC)C2c2ccc(OC(C)C)cc2)c1. The lowest BCUT2D eigenvalue weighted by Crippen LogP contribution is -2.29. The van der Waals surface area contributed by atoms with Gasteiger partial charge < -0.3 is 24.1 Å². The molecular weight excluding hydrogens is 522 g/mol. The van der Waals surface area contributed by atoms with E-state index in [-0.39, 0.29) is 33.8 Å². The lowest BCUT2D eigenvalue weighted by molar-refractivity contribution is -0.132. The first-order valence-electron chi connectivity index (χ1n) is 12.4. The lowest BCUT2D eigenvalue weighted by atomic mass is 9.94. The quantitative estimate of drug-likeness (QED) is 0.193. The van der Waals surface area contributed by atoms with Crippen molar-refractivity contribution in [2.75, 3.05) is 25.7 Å². The van der Waals surface area contributed by atoms with E-state index < -0.39 is 23.5 Å². The predicted molar refractivity (Wildman–Crippen MR) is 149 cm³/mol. The highest BCUT2D eigenvalue weighted by atomic mass is 35.5. The minimum atomic E-state index is -0.957. The summed E-state index contributed by atoms with van der Waals surface area (Å²) >= 11 is 6.26. The van der Waals surface area contributed by atoms with E-state index in [1.165, 1.54) is 31.3 Å². The van der Waals surface area contributed by atoms with Gasteiger partial charge in [0.15, 0.2) is 0 Å². The summed E-state index contributed by atoms with van der Waals surface area (Å²) in [6.45, 7) is 6.12. The number of amides is 1. The summed E-state index contributed by atoms with van der Waals surface area (Å²) in [4.78, 5) is 28.5. The summed E-state index contributed by atoms with van der Waals surface area (Å²) in [7, 11) is 2.85. The monoisotopic (exact) mass is 551 g/mol. The largest absolute Gasteiger partial charge is 0.507 e. The Kier molecular flexibility index (Phi) is 8.35. The molecular formula is C30H30ClNO7. The van der Waals surface area contributed by atoms with E-state index in [2.05, 4.69) is 0 Å². The van der Waals surface area contributed by atoms with Crippen LogP contribution in [0.4, 0.5) is 5.69 Å². The number of aliphatic hydroxyl groups excluding tert-OH is 1. The molecule has 0 spiro atoms. The van der Waals surface area contributed by atoms with Crippen molar-refractivity contribution >= 4 is 34.7 Å². The third-order valence-corrected chi connectivity index (χ3v) is 6.44. The number of Topliss-reactive ketones (excluding diaryl/α,β-unsaturated/α-hetero) is 1. The van der Waals surface area contributed by atoms with Gasteiger partial charge in [0.25, 0.3) is 11.7 Å². The number of benzene rings is 3. The number of methoxy groups -OCH3 is 2. The molecule has 1 saturated heterocycles. The van der Waals surface area contributed by atoms with Crippen molar-refractivity contribution in [1.29, 1.82) is 0 Å². The van der Waals surface area contributed by atoms with E-state index in [0.29, 0.717) is 29.4 Å². The number of carbonyl (C=O) groups excluding carboxylic acids is 2. The van der Waals surface area contributed by atoms with E-state index in [1.807, 2.05) is 20.8 Å². The Morgan fingerprint density at radius 3 is 2.28 bits per heavy atom. The highest BCUT2D eigenvalue weighted by molar-refractivity contribution is 6.51. The Morgan fingerprint density at radius 1 is 0.974 bits per heavy atom. The van der Waals surface area contributed by atoms with Gasteiger partial charge >= 0.3 is 0 Å². The molecule has 3 aromatic rings. The summed E-state index contributed by atoms with van der Waals surface area (Å²) < 4.78 is 22.2. The Morgan fingerprint density at radius 2 is 1.67 bits per heavy atom. The summed E-state index contributed by atoms with van der Waals surface area (Å²) in [6.07, 6.45) is -0.0323. The van der Waals surface area contributed by atoms with Crippen molar-refractivity contribution in [3.05, 3.63) is 82.4 Å². The van der Waals surface area contributed by atoms with E-state index in [4.69, 9.17) is 30.5 Å². The second-order valence-electron chi connectivity index (χ2n) is 9.02. The molecule has 1 fully saturated rings. The number of rotatable bonds is 9. The van der Waals surface area contributed by atoms with Gasteiger partial charge in [0, 0.05) is 17.8 Å². The summed E-state index contributed by atoms with van der Waals surface area (Å²) in [5.41, 5.74) is 1.08. The maximum atomic E-state index is 13.6. The highest BCUT2D eigenvalue weighted by Gasteiger charge is 2.47. The molecule has 3 aromatic carbocycles. The molecule has 0 aliphatic carbocycles. The van der Waals surface area contributed by atoms with Gasteiger partial charge in [0.1, 0.15) is 28.8 Å². The molecule has 0 radical (unpaired) electrons. The Balaban J connectivity index is 1.95. The topological polar surface area (TPSA) is 94.5 Å². The van der Waals surface area contributed by atoms with Gasteiger partial charge in [-0.2, -0.15) is 0 Å². The second-order valence-corrected chi connectivity index (χ2v) is 9.43. The first kappa shape index (κ1) is 27.9. The number of hydrogen-bond acceptors (Lipinski definition) is 7. The van der Waals surface area contributed by atoms with Gasteiger partial charge in [-0.1, -0.05) is 29.8 Å². The molecule has 204 valence electrons. The van der Waals surface area contributed by atoms with Gasteiger partial charge in [-0.25, -0.2) is 0 Å². The molecule has 1 unspecified atom stereocenters. The molecule has 9 heteroatoms. The predicted octanol–water partition coefficient (Wildman–Crippen LogP) is 6.17. The molecule has 0 saturated carbocycles. The highest BCUT2D eigenvalue weighted by Crippen LogP contribution is 2.45. The van der Waals surface area contributed by atoms with Crippen LogP contribution in [0.5, 0.6) is 23.0 Å². The number of ketones is 1. The van der Waals surface area contributed by atoms with Crippen LogP contribution >= 0.6 is 11.6 Å². The smallest absolute Gasteiger partial charge is 0.300 e. The van der Waals surface area contributed by atoms with Crippen LogP contribution in [0.3, 0.4) is 0 Å². The first-order chi connectivity index (χ1) is 18.7. The number of halogens is 1. The van der Waals surface area contributed by atoms with Crippen molar-refractivity contribution in [2.24, 2.45) is 0 Å². The van der Waals surface area contributed by atoms with E-state index in [0.717, 1.165) is 0 Å². The number of carbonyl (C=O) groups is 2. The number of aliphatic hydroxyl groups is 1. The van der Waals surface area contributed by atoms with Crippen LogP contribution < -0.4 is 23.8 Å². The normalized spacial score (nSPS) is 16.5. The fourth-order valence-electron chi connectivity index (χ4n) is 4.50. The van der Waals surface area contributed by atoms with Crippen molar-refractivity contribution < 1.29 is 33.6 Å². The number of hydrogen-bond donors (Lipinski definition) is 1. The maximum Gasteiger partial charge on any atom is 0.300 e. The molecule has 1 aliphatic heterocycles. The van der Waals surface area contributed by atoms with Crippen LogP contribution in [0, 0.1) is 0 Å².